The molecule has 9 heteroatoms. The number of H-pyrrole nitrogens is 1. The molecule has 0 amide bonds. The molecule has 1 saturated carbocycles. The van der Waals surface area contributed by atoms with Crippen LogP contribution in [0.15, 0.2) is 58.7 Å². The standard InChI is InChI=1S/C21H29N7O.C2H3N/c22-10-12-28(24)14-15-5-4-8-17(13-15)27-20(23)19-18(9-11-25-21(19)29)26-16-6-2-1-3-7-16;1-2-3/h4-5,8-13,16H,1-3,6-7,14,22,24H2,(H2,23,27)(H2,25,26,29);1H3/b12-10-;. The third-order valence-corrected chi connectivity index (χ3v) is 4.98. The van der Waals surface area contributed by atoms with Gasteiger partial charge in [-0.25, -0.2) is 10.8 Å². The quantitative estimate of drug-likeness (QED) is 0.193. The normalized spacial score (nSPS) is 14.3. The second-order valence-corrected chi connectivity index (χ2v) is 7.48. The lowest BCUT2D eigenvalue weighted by Crippen LogP contribution is -2.29. The third-order valence-electron chi connectivity index (χ3n) is 4.98. The molecule has 1 aliphatic carbocycles. The molecule has 0 bridgehead atoms. The number of nitriles is 1. The molecule has 9 nitrogen and oxygen atoms in total. The van der Waals surface area contributed by atoms with Gasteiger partial charge < -0.3 is 26.8 Å². The molecule has 3 rings (SSSR count). The van der Waals surface area contributed by atoms with Crippen LogP contribution in [0.2, 0.25) is 0 Å². The number of rotatable bonds is 7. The van der Waals surface area contributed by atoms with Crippen LogP contribution < -0.4 is 28.2 Å². The highest BCUT2D eigenvalue weighted by Crippen LogP contribution is 2.23. The van der Waals surface area contributed by atoms with E-state index in [1.54, 1.807) is 18.5 Å². The van der Waals surface area contributed by atoms with Gasteiger partial charge in [0.05, 0.1) is 24.0 Å². The number of nitrogens with two attached hydrogens (primary N) is 3. The van der Waals surface area contributed by atoms with E-state index >= 15 is 0 Å². The molecule has 0 saturated heterocycles. The lowest BCUT2D eigenvalue weighted by Gasteiger charge is -2.24. The van der Waals surface area contributed by atoms with Crippen molar-refractivity contribution in [3.05, 3.63) is 70.4 Å². The number of aromatic nitrogens is 1. The van der Waals surface area contributed by atoms with E-state index in [-0.39, 0.29) is 11.4 Å². The van der Waals surface area contributed by atoms with E-state index in [0.717, 1.165) is 24.1 Å². The zero-order valence-corrected chi connectivity index (χ0v) is 18.4. The zero-order valence-electron chi connectivity index (χ0n) is 18.4. The first-order valence-electron chi connectivity index (χ1n) is 10.6. The Hall–Kier alpha value is -3.77. The smallest absolute Gasteiger partial charge is 0.261 e. The molecule has 0 atom stereocenters. The summed E-state index contributed by atoms with van der Waals surface area (Å²) in [5.74, 6) is 6.01. The van der Waals surface area contributed by atoms with Crippen LogP contribution >= 0.6 is 0 Å². The van der Waals surface area contributed by atoms with Crippen LogP contribution in [-0.4, -0.2) is 21.9 Å². The minimum absolute atomic E-state index is 0.175. The molecule has 1 aromatic heterocycles. The highest BCUT2D eigenvalue weighted by molar-refractivity contribution is 6.03. The van der Waals surface area contributed by atoms with Gasteiger partial charge in [0.2, 0.25) is 0 Å². The van der Waals surface area contributed by atoms with Gasteiger partial charge in [-0.3, -0.25) is 4.79 Å². The van der Waals surface area contributed by atoms with Crippen molar-refractivity contribution < 1.29 is 0 Å². The second kappa shape index (κ2) is 12.8. The van der Waals surface area contributed by atoms with E-state index in [2.05, 4.69) is 15.3 Å². The van der Waals surface area contributed by atoms with Gasteiger partial charge >= 0.3 is 0 Å². The van der Waals surface area contributed by atoms with Gasteiger partial charge in [-0.05, 0) is 36.6 Å². The maximum atomic E-state index is 12.5. The van der Waals surface area contributed by atoms with Gasteiger partial charge in [-0.2, -0.15) is 5.26 Å². The minimum Gasteiger partial charge on any atom is -0.403 e. The van der Waals surface area contributed by atoms with Gasteiger partial charge in [0, 0.05) is 31.6 Å². The number of hydrogen-bond donors (Lipinski definition) is 5. The Bertz CT molecular complexity index is 1020. The van der Waals surface area contributed by atoms with E-state index in [4.69, 9.17) is 22.6 Å². The Morgan fingerprint density at radius 1 is 1.34 bits per heavy atom. The molecule has 170 valence electrons. The largest absolute Gasteiger partial charge is 0.403 e. The Labute approximate surface area is 188 Å². The molecule has 0 spiro atoms. The lowest BCUT2D eigenvalue weighted by atomic mass is 9.95. The van der Waals surface area contributed by atoms with Crippen molar-refractivity contribution in [1.29, 1.82) is 5.26 Å². The van der Waals surface area contributed by atoms with Gasteiger partial charge in [-0.15, -0.1) is 0 Å². The molecule has 1 aromatic carbocycles. The first kappa shape index (κ1) is 24.5. The molecule has 32 heavy (non-hydrogen) atoms. The summed E-state index contributed by atoms with van der Waals surface area (Å²) < 4.78 is 0. The molecule has 0 radical (unpaired) electrons. The van der Waals surface area contributed by atoms with Crippen LogP contribution in [-0.2, 0) is 6.54 Å². The van der Waals surface area contributed by atoms with Crippen LogP contribution in [0.3, 0.4) is 0 Å². The van der Waals surface area contributed by atoms with Crippen molar-refractivity contribution in [2.24, 2.45) is 22.3 Å². The van der Waals surface area contributed by atoms with Crippen LogP contribution in [0.1, 0.15) is 50.2 Å². The summed E-state index contributed by atoms with van der Waals surface area (Å²) in [4.78, 5) is 19.7. The Balaban J connectivity index is 0.00000114. The SMILES string of the molecule is CC#N.N/C=C\N(N)Cc1cccc(N=C(N)c2c(NC3CCCCC3)cc[nH]c2=O)c1. The van der Waals surface area contributed by atoms with Crippen LogP contribution in [0, 0.1) is 11.3 Å². The molecular formula is C23H32N8O. The summed E-state index contributed by atoms with van der Waals surface area (Å²) in [6.07, 6.45) is 10.4. The fourth-order valence-electron chi connectivity index (χ4n) is 3.61. The lowest BCUT2D eigenvalue weighted by molar-refractivity contribution is 0.386. The molecule has 0 unspecified atom stereocenters. The Kier molecular flexibility index (Phi) is 9.81. The number of nitrogens with one attached hydrogen (secondary N) is 2. The van der Waals surface area contributed by atoms with Crippen molar-refractivity contribution in [2.75, 3.05) is 5.32 Å². The van der Waals surface area contributed by atoms with Crippen molar-refractivity contribution in [3.63, 3.8) is 0 Å². The first-order valence-corrected chi connectivity index (χ1v) is 10.6. The summed E-state index contributed by atoms with van der Waals surface area (Å²) in [6.45, 7) is 1.90. The molecule has 1 heterocycles. The Morgan fingerprint density at radius 2 is 2.06 bits per heavy atom. The van der Waals surface area contributed by atoms with Crippen molar-refractivity contribution in [2.45, 2.75) is 51.6 Å². The van der Waals surface area contributed by atoms with Crippen LogP contribution in [0.25, 0.3) is 0 Å². The molecule has 0 aliphatic heterocycles. The van der Waals surface area contributed by atoms with Gasteiger partial charge in [0.1, 0.15) is 11.4 Å². The van der Waals surface area contributed by atoms with Crippen molar-refractivity contribution >= 4 is 17.2 Å². The predicted molar refractivity (Wildman–Crippen MR) is 129 cm³/mol. The van der Waals surface area contributed by atoms with Gasteiger partial charge in [-0.1, -0.05) is 31.4 Å². The average Bonchev–Trinajstić information content (AvgIpc) is 2.75. The molecular weight excluding hydrogens is 404 g/mol. The van der Waals surface area contributed by atoms with E-state index in [1.807, 2.05) is 30.3 Å². The van der Waals surface area contributed by atoms with E-state index in [0.29, 0.717) is 23.8 Å². The fourth-order valence-corrected chi connectivity index (χ4v) is 3.61. The fraction of sp³-hybridized carbons (Fsp3) is 0.348. The molecule has 2 aromatic rings. The first-order chi connectivity index (χ1) is 15.5. The van der Waals surface area contributed by atoms with Gasteiger partial charge in [0.25, 0.3) is 5.56 Å². The summed E-state index contributed by atoms with van der Waals surface area (Å²) >= 11 is 0. The number of anilines is 1. The monoisotopic (exact) mass is 436 g/mol. The van der Waals surface area contributed by atoms with E-state index < -0.39 is 0 Å². The second-order valence-electron chi connectivity index (χ2n) is 7.48. The summed E-state index contributed by atoms with van der Waals surface area (Å²) in [7, 11) is 0. The van der Waals surface area contributed by atoms with Crippen LogP contribution in [0.5, 0.6) is 0 Å². The molecule has 1 aliphatic rings. The summed E-state index contributed by atoms with van der Waals surface area (Å²) in [5.41, 5.74) is 14.0. The molecule has 1 fully saturated rings. The highest BCUT2D eigenvalue weighted by atomic mass is 16.1. The van der Waals surface area contributed by atoms with Crippen LogP contribution in [0.4, 0.5) is 11.4 Å². The third kappa shape index (κ3) is 7.49. The van der Waals surface area contributed by atoms with Crippen molar-refractivity contribution in [1.82, 2.24) is 9.99 Å². The maximum Gasteiger partial charge on any atom is 0.261 e. The number of hydrazine groups is 1. The number of nitrogens with zero attached hydrogens (tertiary/aromatic N) is 3. The summed E-state index contributed by atoms with van der Waals surface area (Å²) in [5, 5.41) is 12.3. The number of amidine groups is 1. The minimum atomic E-state index is -0.260. The Morgan fingerprint density at radius 3 is 2.75 bits per heavy atom. The number of aromatic amines is 1. The predicted octanol–water partition coefficient (Wildman–Crippen LogP) is 2.79. The zero-order chi connectivity index (χ0) is 23.3. The van der Waals surface area contributed by atoms with Crippen molar-refractivity contribution in [3.8, 4) is 6.07 Å². The highest BCUT2D eigenvalue weighted by Gasteiger charge is 2.17. The number of pyridine rings is 1. The maximum absolute atomic E-state index is 12.5. The number of hydrogen-bond acceptors (Lipinski definition) is 7. The molecule has 8 N–H and O–H groups in total. The topological polar surface area (TPSA) is 162 Å². The number of benzene rings is 1. The average molecular weight is 437 g/mol. The number of aliphatic imine (C=N–C) groups is 1. The van der Waals surface area contributed by atoms with E-state index in [9.17, 15) is 4.79 Å². The van der Waals surface area contributed by atoms with E-state index in [1.165, 1.54) is 37.4 Å². The van der Waals surface area contributed by atoms with Gasteiger partial charge in [0.15, 0.2) is 0 Å². The summed E-state index contributed by atoms with van der Waals surface area (Å²) in [6, 6.07) is 11.5.